The smallest absolute Gasteiger partial charge is 0.268 e. The third kappa shape index (κ3) is 3.01. The van der Waals surface area contributed by atoms with Gasteiger partial charge in [-0.15, -0.1) is 0 Å². The van der Waals surface area contributed by atoms with Crippen molar-refractivity contribution in [3.05, 3.63) is 35.9 Å². The van der Waals surface area contributed by atoms with E-state index in [1.54, 1.807) is 0 Å². The Bertz CT molecular complexity index is 378. The van der Waals surface area contributed by atoms with Crippen LogP contribution in [0, 0.1) is 0 Å². The molecule has 0 saturated carbocycles. The van der Waals surface area contributed by atoms with Crippen molar-refractivity contribution >= 4 is 32.9 Å². The van der Waals surface area contributed by atoms with Crippen LogP contribution in [-0.4, -0.2) is 33.9 Å². The molecule has 0 aromatic heterocycles. The molecule has 1 fully saturated rings. The first-order chi connectivity index (χ1) is 7.79. The molecule has 0 spiro atoms. The number of alkyl halides is 1. The molecule has 0 aliphatic carbocycles. The second kappa shape index (κ2) is 5.73. The Labute approximate surface area is 109 Å². The van der Waals surface area contributed by atoms with Gasteiger partial charge in [0, 0.05) is 5.33 Å². The van der Waals surface area contributed by atoms with E-state index in [1.807, 2.05) is 11.8 Å². The monoisotopic (exact) mass is 299 g/mol. The van der Waals surface area contributed by atoms with E-state index in [0.717, 1.165) is 18.4 Å². The van der Waals surface area contributed by atoms with Crippen LogP contribution in [0.1, 0.15) is 5.56 Å². The van der Waals surface area contributed by atoms with Crippen molar-refractivity contribution in [1.82, 2.24) is 5.32 Å². The highest BCUT2D eigenvalue weighted by molar-refractivity contribution is 9.09. The summed E-state index contributed by atoms with van der Waals surface area (Å²) < 4.78 is 2.28. The molecule has 1 heterocycles. The number of benzene rings is 1. The molecular formula is C12H16BrN2S+. The van der Waals surface area contributed by atoms with Crippen molar-refractivity contribution in [3.63, 3.8) is 0 Å². The fourth-order valence-corrected chi connectivity index (χ4v) is 3.26. The van der Waals surface area contributed by atoms with E-state index in [-0.39, 0.29) is 0 Å². The van der Waals surface area contributed by atoms with E-state index in [2.05, 4.69) is 63.2 Å². The van der Waals surface area contributed by atoms with Gasteiger partial charge in [0.25, 0.3) is 0 Å². The lowest BCUT2D eigenvalue weighted by atomic mass is 10.2. The molecule has 1 unspecified atom stereocenters. The highest BCUT2D eigenvalue weighted by Crippen LogP contribution is 2.19. The zero-order chi connectivity index (χ0) is 11.4. The predicted molar refractivity (Wildman–Crippen MR) is 74.5 cm³/mol. The fourth-order valence-electron chi connectivity index (χ4n) is 1.68. The summed E-state index contributed by atoms with van der Waals surface area (Å²) in [5.74, 6) is 0. The van der Waals surface area contributed by atoms with Crippen LogP contribution < -0.4 is 5.32 Å². The Morgan fingerprint density at radius 3 is 2.81 bits per heavy atom. The number of halogens is 1. The molecule has 1 aromatic rings. The number of rotatable bonds is 3. The van der Waals surface area contributed by atoms with Crippen molar-refractivity contribution in [3.8, 4) is 0 Å². The first-order valence-corrected chi connectivity index (χ1v) is 7.38. The second-order valence-corrected chi connectivity index (χ2v) is 5.86. The highest BCUT2D eigenvalue weighted by atomic mass is 79.9. The van der Waals surface area contributed by atoms with E-state index < -0.39 is 0 Å². The molecule has 0 amide bonds. The molecule has 16 heavy (non-hydrogen) atoms. The Morgan fingerprint density at radius 1 is 1.44 bits per heavy atom. The first-order valence-electron chi connectivity index (χ1n) is 5.38. The first kappa shape index (κ1) is 12.0. The molecule has 1 aromatic carbocycles. The summed E-state index contributed by atoms with van der Waals surface area (Å²) in [5, 5.41) is 6.45. The van der Waals surface area contributed by atoms with Gasteiger partial charge in [-0.3, -0.25) is 9.89 Å². The zero-order valence-corrected chi connectivity index (χ0v) is 11.7. The number of nitrogens with one attached hydrogen (secondary N) is 1. The lowest BCUT2D eigenvalue weighted by Gasteiger charge is -2.03. The summed E-state index contributed by atoms with van der Waals surface area (Å²) in [4.78, 5) is 0. The van der Waals surface area contributed by atoms with Crippen LogP contribution >= 0.6 is 27.7 Å². The SMILES string of the molecule is C[N+](Cc1ccccc1)=C1NCC(CBr)S1. The van der Waals surface area contributed by atoms with Crippen LogP contribution in [0.5, 0.6) is 0 Å². The Morgan fingerprint density at radius 2 is 2.19 bits per heavy atom. The van der Waals surface area contributed by atoms with E-state index in [9.17, 15) is 0 Å². The largest absolute Gasteiger partial charge is 0.306 e. The molecule has 1 aliphatic rings. The molecule has 2 nitrogen and oxygen atoms in total. The minimum atomic E-state index is 0.660. The predicted octanol–water partition coefficient (Wildman–Crippen LogP) is 2.28. The number of nitrogens with zero attached hydrogens (tertiary/aromatic N) is 1. The third-order valence-electron chi connectivity index (χ3n) is 2.54. The van der Waals surface area contributed by atoms with Crippen LogP contribution in [0.4, 0.5) is 0 Å². The van der Waals surface area contributed by atoms with Gasteiger partial charge >= 0.3 is 5.17 Å². The number of hydrogen-bond donors (Lipinski definition) is 1. The normalized spacial score (nSPS) is 23.0. The van der Waals surface area contributed by atoms with Crippen molar-refractivity contribution in [1.29, 1.82) is 0 Å². The molecule has 1 N–H and O–H groups in total. The molecule has 86 valence electrons. The van der Waals surface area contributed by atoms with Crippen LogP contribution in [0.3, 0.4) is 0 Å². The number of thioether (sulfide) groups is 1. The van der Waals surface area contributed by atoms with Gasteiger partial charge in [0.15, 0.2) is 0 Å². The Kier molecular flexibility index (Phi) is 4.29. The van der Waals surface area contributed by atoms with Crippen LogP contribution in [0.2, 0.25) is 0 Å². The molecule has 1 aliphatic heterocycles. The second-order valence-electron chi connectivity index (χ2n) is 3.92. The molecule has 1 saturated heterocycles. The Balaban J connectivity index is 2.03. The van der Waals surface area contributed by atoms with Crippen molar-refractivity contribution in [2.75, 3.05) is 18.9 Å². The van der Waals surface area contributed by atoms with Gasteiger partial charge in [-0.1, -0.05) is 46.3 Å². The molecule has 4 heteroatoms. The lowest BCUT2D eigenvalue weighted by Crippen LogP contribution is -2.24. The van der Waals surface area contributed by atoms with Crippen molar-refractivity contribution in [2.45, 2.75) is 11.8 Å². The van der Waals surface area contributed by atoms with E-state index in [4.69, 9.17) is 0 Å². The van der Waals surface area contributed by atoms with Crippen LogP contribution in [0.25, 0.3) is 0 Å². The summed E-state index contributed by atoms with van der Waals surface area (Å²) in [7, 11) is 2.14. The number of hydrogen-bond acceptors (Lipinski definition) is 1. The maximum Gasteiger partial charge on any atom is 0.306 e. The maximum absolute atomic E-state index is 3.53. The molecule has 1 atom stereocenters. The zero-order valence-electron chi connectivity index (χ0n) is 9.32. The molecule has 0 radical (unpaired) electrons. The summed E-state index contributed by atoms with van der Waals surface area (Å²) in [5.41, 5.74) is 1.35. The van der Waals surface area contributed by atoms with Gasteiger partial charge in [0.2, 0.25) is 0 Å². The minimum Gasteiger partial charge on any atom is -0.268 e. The van der Waals surface area contributed by atoms with Crippen LogP contribution in [-0.2, 0) is 6.54 Å². The quantitative estimate of drug-likeness (QED) is 0.680. The van der Waals surface area contributed by atoms with E-state index >= 15 is 0 Å². The van der Waals surface area contributed by atoms with Gasteiger partial charge in [-0.25, -0.2) is 0 Å². The molecule has 0 bridgehead atoms. The van der Waals surface area contributed by atoms with Crippen molar-refractivity contribution in [2.24, 2.45) is 0 Å². The third-order valence-corrected chi connectivity index (χ3v) is 5.10. The topological polar surface area (TPSA) is 15.0 Å². The standard InChI is InChI=1S/C12H15BrN2S/c1-15(9-10-5-3-2-4-6-10)12-14-8-11(7-13)16-12/h2-6,11H,7-9H2,1H3/p+1. The van der Waals surface area contributed by atoms with E-state index in [0.29, 0.717) is 5.25 Å². The lowest BCUT2D eigenvalue weighted by molar-refractivity contribution is -0.512. The molecule has 2 rings (SSSR count). The van der Waals surface area contributed by atoms with Crippen LogP contribution in [0.15, 0.2) is 30.3 Å². The van der Waals surface area contributed by atoms with Crippen molar-refractivity contribution < 1.29 is 4.58 Å². The van der Waals surface area contributed by atoms with Gasteiger partial charge in [0.1, 0.15) is 6.54 Å². The summed E-state index contributed by atoms with van der Waals surface area (Å²) in [6.45, 7) is 2.02. The minimum absolute atomic E-state index is 0.660. The molecular weight excluding hydrogens is 284 g/mol. The number of amidine groups is 1. The average Bonchev–Trinajstić information content (AvgIpc) is 2.79. The van der Waals surface area contributed by atoms with Gasteiger partial charge in [0.05, 0.1) is 18.8 Å². The summed E-state index contributed by atoms with van der Waals surface area (Å²) in [6, 6.07) is 10.6. The van der Waals surface area contributed by atoms with Gasteiger partial charge < -0.3 is 0 Å². The Hall–Kier alpha value is -0.480. The fraction of sp³-hybridized carbons (Fsp3) is 0.417. The maximum atomic E-state index is 3.53. The summed E-state index contributed by atoms with van der Waals surface area (Å²) >= 11 is 5.45. The van der Waals surface area contributed by atoms with Gasteiger partial charge in [-0.05, 0) is 17.3 Å². The van der Waals surface area contributed by atoms with E-state index in [1.165, 1.54) is 10.7 Å². The van der Waals surface area contributed by atoms with Gasteiger partial charge in [-0.2, -0.15) is 0 Å². The average molecular weight is 300 g/mol. The highest BCUT2D eigenvalue weighted by Gasteiger charge is 2.27. The summed E-state index contributed by atoms with van der Waals surface area (Å²) in [6.07, 6.45) is 0.